The predicted octanol–water partition coefficient (Wildman–Crippen LogP) is 4.05. The highest BCUT2D eigenvalue weighted by Crippen LogP contribution is 2.34. The number of hydrogen-bond donors (Lipinski definition) is 0. The molecule has 168 valence electrons. The van der Waals surface area contributed by atoms with E-state index >= 15 is 0 Å². The predicted molar refractivity (Wildman–Crippen MR) is 107 cm³/mol. The number of fused-ring (bicyclic) bond motifs is 1. The third kappa shape index (κ3) is 3.73. The first-order valence-corrected chi connectivity index (χ1v) is 10.3. The lowest BCUT2D eigenvalue weighted by atomic mass is 10.0. The van der Waals surface area contributed by atoms with Gasteiger partial charge in [0.2, 0.25) is 0 Å². The second-order valence-electron chi connectivity index (χ2n) is 7.99. The van der Waals surface area contributed by atoms with E-state index in [1.807, 2.05) is 0 Å². The Balaban J connectivity index is 1.52. The van der Waals surface area contributed by atoms with Crippen LogP contribution in [0.5, 0.6) is 0 Å². The summed E-state index contributed by atoms with van der Waals surface area (Å²) >= 11 is 0. The molecule has 0 saturated carbocycles. The molecule has 1 atom stereocenters. The molecule has 4 heterocycles. The normalized spacial score (nSPS) is 19.9. The monoisotopic (exact) mass is 447 g/mol. The molecule has 0 bridgehead atoms. The van der Waals surface area contributed by atoms with Crippen molar-refractivity contribution in [2.75, 3.05) is 26.3 Å². The zero-order valence-electron chi connectivity index (χ0n) is 17.2. The minimum absolute atomic E-state index is 0.0743. The van der Waals surface area contributed by atoms with Crippen molar-refractivity contribution >= 4 is 17.0 Å². The molecule has 1 unspecified atom stereocenters. The van der Waals surface area contributed by atoms with Crippen LogP contribution in [0.2, 0.25) is 0 Å². The molecule has 5 rings (SSSR count). The SMILES string of the molecule is Cc1noc2nc(-c3cccc(C(F)(F)F)c3)cc(C(=O)N3CCC(C4OCCO4)C3)c12. The summed E-state index contributed by atoms with van der Waals surface area (Å²) < 4.78 is 56.0. The minimum atomic E-state index is -4.49. The van der Waals surface area contributed by atoms with Crippen LogP contribution in [0.15, 0.2) is 34.9 Å². The molecule has 1 amide bonds. The molecular formula is C22H20F3N3O4. The smallest absolute Gasteiger partial charge is 0.350 e. The number of carbonyl (C=O) groups excluding carboxylic acids is 1. The second-order valence-corrected chi connectivity index (χ2v) is 7.99. The molecule has 0 N–H and O–H groups in total. The Bertz CT molecular complexity index is 1170. The lowest BCUT2D eigenvalue weighted by Crippen LogP contribution is -2.31. The van der Waals surface area contributed by atoms with Crippen LogP contribution < -0.4 is 0 Å². The van der Waals surface area contributed by atoms with E-state index in [0.717, 1.165) is 18.6 Å². The van der Waals surface area contributed by atoms with E-state index < -0.39 is 11.7 Å². The summed E-state index contributed by atoms with van der Waals surface area (Å²) in [4.78, 5) is 19.5. The first-order valence-electron chi connectivity index (χ1n) is 10.3. The van der Waals surface area contributed by atoms with Gasteiger partial charge in [-0.25, -0.2) is 4.98 Å². The highest BCUT2D eigenvalue weighted by atomic mass is 19.4. The Morgan fingerprint density at radius 1 is 1.19 bits per heavy atom. The number of likely N-dealkylation sites (tertiary alicyclic amines) is 1. The van der Waals surface area contributed by atoms with Crippen molar-refractivity contribution in [1.29, 1.82) is 0 Å². The third-order valence-corrected chi connectivity index (χ3v) is 5.88. The largest absolute Gasteiger partial charge is 0.416 e. The van der Waals surface area contributed by atoms with Crippen LogP contribution in [0.25, 0.3) is 22.4 Å². The van der Waals surface area contributed by atoms with Gasteiger partial charge in [0.1, 0.15) is 0 Å². The molecule has 2 fully saturated rings. The van der Waals surface area contributed by atoms with Gasteiger partial charge < -0.3 is 18.9 Å². The van der Waals surface area contributed by atoms with Crippen LogP contribution in [0.1, 0.15) is 28.0 Å². The van der Waals surface area contributed by atoms with Crippen molar-refractivity contribution in [3.63, 3.8) is 0 Å². The highest BCUT2D eigenvalue weighted by molar-refractivity contribution is 6.07. The van der Waals surface area contributed by atoms with Crippen molar-refractivity contribution in [1.82, 2.24) is 15.0 Å². The molecule has 10 heteroatoms. The number of alkyl halides is 3. The number of carbonyl (C=O) groups is 1. The average molecular weight is 447 g/mol. The summed E-state index contributed by atoms with van der Waals surface area (Å²) in [5.74, 6) is -0.178. The molecule has 2 saturated heterocycles. The van der Waals surface area contributed by atoms with Gasteiger partial charge in [0.25, 0.3) is 11.6 Å². The Morgan fingerprint density at radius 3 is 2.72 bits per heavy atom. The molecule has 2 aliphatic rings. The number of aryl methyl sites for hydroxylation is 1. The maximum atomic E-state index is 13.4. The Labute approximate surface area is 181 Å². The van der Waals surface area contributed by atoms with Gasteiger partial charge in [0.15, 0.2) is 6.29 Å². The van der Waals surface area contributed by atoms with Gasteiger partial charge in [-0.15, -0.1) is 0 Å². The van der Waals surface area contributed by atoms with Crippen LogP contribution in [0.3, 0.4) is 0 Å². The molecule has 0 spiro atoms. The third-order valence-electron chi connectivity index (χ3n) is 5.88. The lowest BCUT2D eigenvalue weighted by molar-refractivity contribution is -0.137. The summed E-state index contributed by atoms with van der Waals surface area (Å²) in [6, 6.07) is 6.34. The number of rotatable bonds is 3. The van der Waals surface area contributed by atoms with Crippen LogP contribution in [-0.4, -0.2) is 53.5 Å². The Kier molecular flexibility index (Phi) is 5.13. The maximum absolute atomic E-state index is 13.4. The topological polar surface area (TPSA) is 77.7 Å². The minimum Gasteiger partial charge on any atom is -0.350 e. The van der Waals surface area contributed by atoms with Gasteiger partial charge >= 0.3 is 6.18 Å². The summed E-state index contributed by atoms with van der Waals surface area (Å²) in [7, 11) is 0. The van der Waals surface area contributed by atoms with Gasteiger partial charge in [-0.2, -0.15) is 13.2 Å². The quantitative estimate of drug-likeness (QED) is 0.603. The number of amides is 1. The molecule has 3 aromatic rings. The van der Waals surface area contributed by atoms with E-state index in [2.05, 4.69) is 10.1 Å². The number of nitrogens with zero attached hydrogens (tertiary/aromatic N) is 3. The maximum Gasteiger partial charge on any atom is 0.416 e. The zero-order chi connectivity index (χ0) is 22.5. The van der Waals surface area contributed by atoms with Crippen molar-refractivity contribution in [3.05, 3.63) is 47.2 Å². The average Bonchev–Trinajstić information content (AvgIpc) is 3.53. The van der Waals surface area contributed by atoms with E-state index in [1.54, 1.807) is 11.8 Å². The Hall–Kier alpha value is -2.98. The van der Waals surface area contributed by atoms with Gasteiger partial charge in [-0.3, -0.25) is 4.79 Å². The standard InChI is InChI=1S/C22H20F3N3O4/c1-12-18-16(20(29)28-6-5-14(11-28)21-30-7-8-31-21)10-17(26-19(18)32-27-12)13-3-2-4-15(9-13)22(23,24)25/h2-4,9-10,14,21H,5-8,11H2,1H3. The van der Waals surface area contributed by atoms with E-state index in [9.17, 15) is 18.0 Å². The molecule has 7 nitrogen and oxygen atoms in total. The number of halogens is 3. The summed E-state index contributed by atoms with van der Waals surface area (Å²) in [6.07, 6.45) is -4.06. The van der Waals surface area contributed by atoms with Crippen molar-refractivity contribution in [3.8, 4) is 11.3 Å². The Morgan fingerprint density at radius 2 is 1.97 bits per heavy atom. The summed E-state index contributed by atoms with van der Waals surface area (Å²) in [5.41, 5.74) is 0.550. The fourth-order valence-electron chi connectivity index (χ4n) is 4.28. The first-order chi connectivity index (χ1) is 15.3. The molecular weight excluding hydrogens is 427 g/mol. The number of hydrogen-bond acceptors (Lipinski definition) is 6. The zero-order valence-corrected chi connectivity index (χ0v) is 17.2. The van der Waals surface area contributed by atoms with Crippen LogP contribution in [0, 0.1) is 12.8 Å². The number of aromatic nitrogens is 2. The number of pyridine rings is 1. The molecule has 0 aliphatic carbocycles. The van der Waals surface area contributed by atoms with E-state index in [0.29, 0.717) is 42.9 Å². The van der Waals surface area contributed by atoms with Gasteiger partial charge in [-0.05, 0) is 31.5 Å². The molecule has 32 heavy (non-hydrogen) atoms. The van der Waals surface area contributed by atoms with E-state index in [-0.39, 0.29) is 35.1 Å². The van der Waals surface area contributed by atoms with Crippen molar-refractivity contribution < 1.29 is 32.0 Å². The van der Waals surface area contributed by atoms with Crippen LogP contribution in [-0.2, 0) is 15.7 Å². The lowest BCUT2D eigenvalue weighted by Gasteiger charge is -2.20. The highest BCUT2D eigenvalue weighted by Gasteiger charge is 2.36. The fraction of sp³-hybridized carbons (Fsp3) is 0.409. The summed E-state index contributed by atoms with van der Waals surface area (Å²) in [6.45, 7) is 3.78. The summed E-state index contributed by atoms with van der Waals surface area (Å²) in [5, 5.41) is 4.37. The molecule has 1 aromatic carbocycles. The van der Waals surface area contributed by atoms with E-state index in [4.69, 9.17) is 14.0 Å². The van der Waals surface area contributed by atoms with Gasteiger partial charge in [-0.1, -0.05) is 17.3 Å². The van der Waals surface area contributed by atoms with E-state index in [1.165, 1.54) is 18.2 Å². The van der Waals surface area contributed by atoms with Gasteiger partial charge in [0, 0.05) is 24.6 Å². The molecule has 2 aromatic heterocycles. The molecule has 2 aliphatic heterocycles. The first kappa shape index (κ1) is 20.9. The fourth-order valence-corrected chi connectivity index (χ4v) is 4.28. The second kappa shape index (κ2) is 7.86. The van der Waals surface area contributed by atoms with Crippen molar-refractivity contribution in [2.45, 2.75) is 25.8 Å². The van der Waals surface area contributed by atoms with Crippen LogP contribution in [0.4, 0.5) is 13.2 Å². The van der Waals surface area contributed by atoms with Crippen LogP contribution >= 0.6 is 0 Å². The van der Waals surface area contributed by atoms with Gasteiger partial charge in [0.05, 0.1) is 41.1 Å². The number of benzene rings is 1. The van der Waals surface area contributed by atoms with Crippen molar-refractivity contribution in [2.24, 2.45) is 5.92 Å². The number of ether oxygens (including phenoxy) is 2. The molecule has 0 radical (unpaired) electrons.